The molecule has 1 aromatic carbocycles. The number of rotatable bonds is 6. The number of benzene rings is 1. The molecule has 110 valence electrons. The fourth-order valence-corrected chi connectivity index (χ4v) is 2.53. The number of ketones is 1. The van der Waals surface area contributed by atoms with Gasteiger partial charge in [0.15, 0.2) is 18.1 Å². The Hall–Kier alpha value is -2.34. The van der Waals surface area contributed by atoms with E-state index >= 15 is 0 Å². The molecular formula is C15H15NO4S. The SMILES string of the molecule is COc1cc(C(N)=O)ccc1OCC(=O)c1ccc(C)s1. The van der Waals surface area contributed by atoms with E-state index in [0.717, 1.165) is 4.88 Å². The number of aryl methyl sites for hydroxylation is 1. The molecule has 0 fully saturated rings. The molecule has 0 aliphatic rings. The molecule has 0 unspecified atom stereocenters. The van der Waals surface area contributed by atoms with E-state index in [1.54, 1.807) is 12.1 Å². The van der Waals surface area contributed by atoms with Crippen molar-refractivity contribution in [2.75, 3.05) is 13.7 Å². The summed E-state index contributed by atoms with van der Waals surface area (Å²) in [7, 11) is 1.46. The minimum absolute atomic E-state index is 0.0910. The average Bonchev–Trinajstić information content (AvgIpc) is 2.91. The Balaban J connectivity index is 2.09. The molecule has 2 N–H and O–H groups in total. The van der Waals surface area contributed by atoms with Crippen LogP contribution in [0.3, 0.4) is 0 Å². The van der Waals surface area contributed by atoms with Gasteiger partial charge in [-0.2, -0.15) is 0 Å². The highest BCUT2D eigenvalue weighted by Crippen LogP contribution is 2.28. The van der Waals surface area contributed by atoms with Crippen LogP contribution in [0.2, 0.25) is 0 Å². The Bertz CT molecular complexity index is 678. The zero-order valence-corrected chi connectivity index (χ0v) is 12.5. The lowest BCUT2D eigenvalue weighted by Gasteiger charge is -2.10. The second-order valence-corrected chi connectivity index (χ2v) is 5.64. The molecule has 5 nitrogen and oxygen atoms in total. The Kier molecular flexibility index (Phi) is 4.59. The lowest BCUT2D eigenvalue weighted by molar-refractivity contribution is 0.0922. The lowest BCUT2D eigenvalue weighted by atomic mass is 10.2. The Labute approximate surface area is 126 Å². The summed E-state index contributed by atoms with van der Waals surface area (Å²) in [5, 5.41) is 0. The number of ether oxygens (including phenoxy) is 2. The van der Waals surface area contributed by atoms with E-state index in [9.17, 15) is 9.59 Å². The lowest BCUT2D eigenvalue weighted by Crippen LogP contribution is -2.13. The topological polar surface area (TPSA) is 78.6 Å². The Morgan fingerprint density at radius 1 is 1.19 bits per heavy atom. The van der Waals surface area contributed by atoms with Crippen LogP contribution < -0.4 is 15.2 Å². The summed E-state index contributed by atoms with van der Waals surface area (Å²) in [4.78, 5) is 24.8. The van der Waals surface area contributed by atoms with E-state index in [1.165, 1.54) is 30.6 Å². The molecule has 6 heteroatoms. The summed E-state index contributed by atoms with van der Waals surface area (Å²) in [5.74, 6) is 0.102. The number of carbonyl (C=O) groups excluding carboxylic acids is 2. The molecule has 21 heavy (non-hydrogen) atoms. The van der Waals surface area contributed by atoms with Gasteiger partial charge in [0.1, 0.15) is 0 Å². The molecule has 1 heterocycles. The van der Waals surface area contributed by atoms with Crippen molar-refractivity contribution in [2.45, 2.75) is 6.92 Å². The third kappa shape index (κ3) is 3.61. The molecule has 0 saturated carbocycles. The minimum Gasteiger partial charge on any atom is -0.493 e. The number of nitrogens with two attached hydrogens (primary N) is 1. The maximum absolute atomic E-state index is 12.0. The first-order chi connectivity index (χ1) is 10.0. The number of amides is 1. The molecule has 0 atom stereocenters. The summed E-state index contributed by atoms with van der Waals surface area (Å²) in [6.07, 6.45) is 0. The fraction of sp³-hybridized carbons (Fsp3) is 0.200. The van der Waals surface area contributed by atoms with Crippen LogP contribution >= 0.6 is 11.3 Å². The third-order valence-electron chi connectivity index (χ3n) is 2.82. The minimum atomic E-state index is -0.551. The molecule has 2 rings (SSSR count). The van der Waals surface area contributed by atoms with Gasteiger partial charge >= 0.3 is 0 Å². The molecule has 0 saturated heterocycles. The average molecular weight is 305 g/mol. The monoisotopic (exact) mass is 305 g/mol. The predicted molar refractivity (Wildman–Crippen MR) is 80.4 cm³/mol. The molecule has 0 aliphatic heterocycles. The van der Waals surface area contributed by atoms with E-state index < -0.39 is 5.91 Å². The second-order valence-electron chi connectivity index (χ2n) is 4.35. The zero-order chi connectivity index (χ0) is 15.4. The highest BCUT2D eigenvalue weighted by atomic mass is 32.1. The number of thiophene rings is 1. The van der Waals surface area contributed by atoms with E-state index in [4.69, 9.17) is 15.2 Å². The number of hydrogen-bond acceptors (Lipinski definition) is 5. The molecule has 1 aromatic heterocycles. The number of primary amides is 1. The first kappa shape index (κ1) is 15.1. The quantitative estimate of drug-likeness (QED) is 0.831. The summed E-state index contributed by atoms with van der Waals surface area (Å²) in [5.41, 5.74) is 5.52. The van der Waals surface area contributed by atoms with Crippen LogP contribution in [0, 0.1) is 6.92 Å². The molecule has 0 spiro atoms. The van der Waals surface area contributed by atoms with Crippen LogP contribution in [0.15, 0.2) is 30.3 Å². The van der Waals surface area contributed by atoms with E-state index in [0.29, 0.717) is 21.9 Å². The van der Waals surface area contributed by atoms with Gasteiger partial charge in [-0.15, -0.1) is 11.3 Å². The van der Waals surface area contributed by atoms with Crippen molar-refractivity contribution in [3.8, 4) is 11.5 Å². The summed E-state index contributed by atoms with van der Waals surface area (Å²) >= 11 is 1.43. The third-order valence-corrected chi connectivity index (χ3v) is 3.86. The number of carbonyl (C=O) groups is 2. The van der Waals surface area contributed by atoms with Crippen LogP contribution in [0.25, 0.3) is 0 Å². The van der Waals surface area contributed by atoms with Crippen molar-refractivity contribution in [3.05, 3.63) is 45.6 Å². The zero-order valence-electron chi connectivity index (χ0n) is 11.7. The Morgan fingerprint density at radius 2 is 1.95 bits per heavy atom. The van der Waals surface area contributed by atoms with Crippen molar-refractivity contribution in [1.29, 1.82) is 0 Å². The Morgan fingerprint density at radius 3 is 2.52 bits per heavy atom. The molecular weight excluding hydrogens is 290 g/mol. The van der Waals surface area contributed by atoms with Crippen LogP contribution in [0.4, 0.5) is 0 Å². The van der Waals surface area contributed by atoms with Gasteiger partial charge in [0.2, 0.25) is 11.7 Å². The van der Waals surface area contributed by atoms with Crippen LogP contribution in [-0.4, -0.2) is 25.4 Å². The molecule has 0 aliphatic carbocycles. The van der Waals surface area contributed by atoms with Gasteiger partial charge in [0.05, 0.1) is 12.0 Å². The van der Waals surface area contributed by atoms with E-state index in [2.05, 4.69) is 0 Å². The summed E-state index contributed by atoms with van der Waals surface area (Å²) < 4.78 is 10.6. The largest absolute Gasteiger partial charge is 0.493 e. The molecule has 2 aromatic rings. The van der Waals surface area contributed by atoms with Crippen molar-refractivity contribution in [3.63, 3.8) is 0 Å². The smallest absolute Gasteiger partial charge is 0.248 e. The number of hydrogen-bond donors (Lipinski definition) is 1. The second kappa shape index (κ2) is 6.41. The normalized spacial score (nSPS) is 10.2. The summed E-state index contributed by atoms with van der Waals surface area (Å²) in [6, 6.07) is 8.24. The standard InChI is InChI=1S/C15H15NO4S/c1-9-3-6-14(21-9)11(17)8-20-12-5-4-10(15(16)18)7-13(12)19-2/h3-7H,8H2,1-2H3,(H2,16,18). The van der Waals surface area contributed by atoms with Crippen LogP contribution in [0.1, 0.15) is 24.9 Å². The van der Waals surface area contributed by atoms with Crippen molar-refractivity contribution < 1.29 is 19.1 Å². The van der Waals surface area contributed by atoms with Gasteiger partial charge in [0, 0.05) is 10.4 Å². The van der Waals surface area contributed by atoms with Gasteiger partial charge < -0.3 is 15.2 Å². The molecule has 0 bridgehead atoms. The highest BCUT2D eigenvalue weighted by molar-refractivity contribution is 7.14. The molecule has 0 radical (unpaired) electrons. The molecule has 1 amide bonds. The van der Waals surface area contributed by atoms with Crippen molar-refractivity contribution >= 4 is 23.0 Å². The van der Waals surface area contributed by atoms with Gasteiger partial charge in [-0.1, -0.05) is 0 Å². The number of methoxy groups -OCH3 is 1. The van der Waals surface area contributed by atoms with E-state index in [1.807, 2.05) is 13.0 Å². The van der Waals surface area contributed by atoms with Gasteiger partial charge in [-0.05, 0) is 37.3 Å². The maximum atomic E-state index is 12.0. The maximum Gasteiger partial charge on any atom is 0.248 e. The fourth-order valence-electron chi connectivity index (χ4n) is 1.74. The van der Waals surface area contributed by atoms with Crippen molar-refractivity contribution in [1.82, 2.24) is 0 Å². The highest BCUT2D eigenvalue weighted by Gasteiger charge is 2.13. The first-order valence-corrected chi connectivity index (χ1v) is 7.03. The first-order valence-electron chi connectivity index (χ1n) is 6.21. The predicted octanol–water partition coefficient (Wildman–Crippen LogP) is 2.43. The van der Waals surface area contributed by atoms with Crippen LogP contribution in [-0.2, 0) is 0 Å². The van der Waals surface area contributed by atoms with Gasteiger partial charge in [0.25, 0.3) is 0 Å². The van der Waals surface area contributed by atoms with Crippen molar-refractivity contribution in [2.24, 2.45) is 5.73 Å². The van der Waals surface area contributed by atoms with Gasteiger partial charge in [-0.25, -0.2) is 0 Å². The summed E-state index contributed by atoms with van der Waals surface area (Å²) in [6.45, 7) is 1.85. The van der Waals surface area contributed by atoms with E-state index in [-0.39, 0.29) is 12.4 Å². The van der Waals surface area contributed by atoms with Crippen LogP contribution in [0.5, 0.6) is 11.5 Å². The van der Waals surface area contributed by atoms with Gasteiger partial charge in [-0.3, -0.25) is 9.59 Å². The number of Topliss-reactive ketones (excluding diaryl/α,β-unsaturated/α-hetero) is 1.